The topological polar surface area (TPSA) is 42.2 Å². The average molecular weight is 500 g/mol. The average Bonchev–Trinajstić information content (AvgIpc) is 2.88. The third-order valence-electron chi connectivity index (χ3n) is 5.60. The van der Waals surface area contributed by atoms with Gasteiger partial charge in [0, 0.05) is 5.56 Å². The predicted octanol–water partition coefficient (Wildman–Crippen LogP) is 8.53. The second-order valence-electron chi connectivity index (χ2n) is 7.97. The third-order valence-corrected chi connectivity index (χ3v) is 6.34. The van der Waals surface area contributed by atoms with E-state index < -0.39 is 0 Å². The van der Waals surface area contributed by atoms with E-state index in [9.17, 15) is 5.26 Å². The van der Waals surface area contributed by atoms with Crippen LogP contribution in [0.25, 0.3) is 22.4 Å². The second kappa shape index (κ2) is 11.1. The summed E-state index contributed by atoms with van der Waals surface area (Å²) >= 11 is 12.2. The van der Waals surface area contributed by atoms with Gasteiger partial charge in [0.15, 0.2) is 11.5 Å². The van der Waals surface area contributed by atoms with Gasteiger partial charge < -0.3 is 9.47 Å². The second-order valence-corrected chi connectivity index (χ2v) is 8.79. The Morgan fingerprint density at radius 2 is 1.77 bits per heavy atom. The van der Waals surface area contributed by atoms with Crippen LogP contribution in [0.1, 0.15) is 22.3 Å². The minimum Gasteiger partial charge on any atom is -0.493 e. The summed E-state index contributed by atoms with van der Waals surface area (Å²) in [5.74, 6) is 1.20. The lowest BCUT2D eigenvalue weighted by Gasteiger charge is -2.16. The van der Waals surface area contributed by atoms with Crippen molar-refractivity contribution in [3.63, 3.8) is 0 Å². The predicted molar refractivity (Wildman–Crippen MR) is 145 cm³/mol. The standard InChI is InChI=1S/C30H23Cl2NO2/c1-3-6-25-13-21(14-26(18-33)24-11-10-22-7-4-5-8-23(22)17-24)16-29(34-2)30(25)35-19-20-9-12-27(31)28(32)15-20/h3-5,7-17H,1,6,19H2,2H3. The largest absolute Gasteiger partial charge is 0.493 e. The zero-order chi connectivity index (χ0) is 24.8. The lowest BCUT2D eigenvalue weighted by atomic mass is 9.98. The van der Waals surface area contributed by atoms with E-state index in [1.165, 1.54) is 0 Å². The Bertz CT molecular complexity index is 1470. The van der Waals surface area contributed by atoms with E-state index in [2.05, 4.69) is 18.7 Å². The van der Waals surface area contributed by atoms with Gasteiger partial charge in [-0.1, -0.05) is 71.7 Å². The number of halogens is 2. The van der Waals surface area contributed by atoms with E-state index in [0.717, 1.165) is 33.0 Å². The highest BCUT2D eigenvalue weighted by Crippen LogP contribution is 2.36. The minimum absolute atomic E-state index is 0.299. The van der Waals surface area contributed by atoms with Crippen LogP contribution < -0.4 is 9.47 Å². The molecule has 0 saturated carbocycles. The highest BCUT2D eigenvalue weighted by Gasteiger charge is 2.14. The Morgan fingerprint density at radius 1 is 0.971 bits per heavy atom. The van der Waals surface area contributed by atoms with Gasteiger partial charge in [-0.05, 0) is 70.3 Å². The molecule has 4 aromatic rings. The fourth-order valence-corrected chi connectivity index (χ4v) is 4.20. The first-order valence-electron chi connectivity index (χ1n) is 11.0. The molecule has 0 unspecified atom stereocenters. The van der Waals surface area contributed by atoms with Crippen LogP contribution in [0.15, 0.2) is 85.5 Å². The van der Waals surface area contributed by atoms with Gasteiger partial charge in [0.05, 0.1) is 28.8 Å². The normalized spacial score (nSPS) is 11.2. The van der Waals surface area contributed by atoms with Gasteiger partial charge in [0.2, 0.25) is 0 Å². The zero-order valence-electron chi connectivity index (χ0n) is 19.2. The lowest BCUT2D eigenvalue weighted by molar-refractivity contribution is 0.282. The summed E-state index contributed by atoms with van der Waals surface area (Å²) in [4.78, 5) is 0. The molecule has 174 valence electrons. The van der Waals surface area contributed by atoms with Crippen molar-refractivity contribution in [2.75, 3.05) is 7.11 Å². The first-order chi connectivity index (χ1) is 17.0. The van der Waals surface area contributed by atoms with Crippen LogP contribution in [0.2, 0.25) is 10.0 Å². The highest BCUT2D eigenvalue weighted by molar-refractivity contribution is 6.42. The molecule has 0 amide bonds. The van der Waals surface area contributed by atoms with E-state index in [1.807, 2.05) is 66.7 Å². The van der Waals surface area contributed by atoms with Crippen molar-refractivity contribution in [2.45, 2.75) is 13.0 Å². The lowest BCUT2D eigenvalue weighted by Crippen LogP contribution is -2.02. The third kappa shape index (κ3) is 5.69. The molecule has 4 rings (SSSR count). The van der Waals surface area contributed by atoms with E-state index in [-0.39, 0.29) is 0 Å². The molecular formula is C30H23Cl2NO2. The number of nitrogens with zero attached hydrogens (tertiary/aromatic N) is 1. The number of rotatable bonds is 8. The molecule has 3 nitrogen and oxygen atoms in total. The Labute approximate surface area is 215 Å². The molecule has 0 spiro atoms. The summed E-state index contributed by atoms with van der Waals surface area (Å²) in [7, 11) is 1.60. The van der Waals surface area contributed by atoms with Gasteiger partial charge in [0.25, 0.3) is 0 Å². The molecule has 0 N–H and O–H groups in total. The van der Waals surface area contributed by atoms with Gasteiger partial charge in [-0.25, -0.2) is 0 Å². The van der Waals surface area contributed by atoms with Crippen LogP contribution in [0.4, 0.5) is 0 Å². The molecule has 0 aliphatic rings. The van der Waals surface area contributed by atoms with Crippen molar-refractivity contribution < 1.29 is 9.47 Å². The van der Waals surface area contributed by atoms with Gasteiger partial charge >= 0.3 is 0 Å². The van der Waals surface area contributed by atoms with Crippen molar-refractivity contribution in [3.05, 3.63) is 118 Å². The van der Waals surface area contributed by atoms with Crippen molar-refractivity contribution in [2.24, 2.45) is 0 Å². The number of hydrogen-bond acceptors (Lipinski definition) is 3. The molecule has 0 radical (unpaired) electrons. The van der Waals surface area contributed by atoms with E-state index in [0.29, 0.717) is 40.1 Å². The number of hydrogen-bond donors (Lipinski definition) is 0. The molecule has 4 aromatic carbocycles. The van der Waals surface area contributed by atoms with Gasteiger partial charge in [0.1, 0.15) is 6.61 Å². The van der Waals surface area contributed by atoms with Crippen molar-refractivity contribution in [3.8, 4) is 17.6 Å². The maximum atomic E-state index is 9.91. The van der Waals surface area contributed by atoms with E-state index >= 15 is 0 Å². The van der Waals surface area contributed by atoms with Crippen LogP contribution in [0, 0.1) is 11.3 Å². The summed E-state index contributed by atoms with van der Waals surface area (Å²) in [6, 6.07) is 25.7. The van der Waals surface area contributed by atoms with Crippen molar-refractivity contribution >= 4 is 45.6 Å². The SMILES string of the molecule is C=CCc1cc(C=C(C#N)c2ccc3ccccc3c2)cc(OC)c1OCc1ccc(Cl)c(Cl)c1. The monoisotopic (exact) mass is 499 g/mol. The van der Waals surface area contributed by atoms with Crippen LogP contribution in [-0.4, -0.2) is 7.11 Å². The molecule has 0 aromatic heterocycles. The molecule has 0 bridgehead atoms. The molecule has 35 heavy (non-hydrogen) atoms. The number of methoxy groups -OCH3 is 1. The summed E-state index contributed by atoms with van der Waals surface area (Å²) in [5.41, 5.74) is 4.05. The quantitative estimate of drug-likeness (QED) is 0.138. The number of nitriles is 1. The van der Waals surface area contributed by atoms with Gasteiger partial charge in [-0.2, -0.15) is 5.26 Å². The van der Waals surface area contributed by atoms with Crippen LogP contribution in [0.3, 0.4) is 0 Å². The number of benzene rings is 4. The van der Waals surface area contributed by atoms with E-state index in [1.54, 1.807) is 19.2 Å². The van der Waals surface area contributed by atoms with Crippen LogP contribution in [0.5, 0.6) is 11.5 Å². The molecule has 0 aliphatic carbocycles. The molecule has 0 heterocycles. The Balaban J connectivity index is 1.69. The Hall–Kier alpha value is -3.71. The number of ether oxygens (including phenoxy) is 2. The molecular weight excluding hydrogens is 477 g/mol. The van der Waals surface area contributed by atoms with Crippen LogP contribution >= 0.6 is 23.2 Å². The summed E-state index contributed by atoms with van der Waals surface area (Å²) in [6.07, 6.45) is 4.25. The van der Waals surface area contributed by atoms with Crippen LogP contribution in [-0.2, 0) is 13.0 Å². The molecule has 0 atom stereocenters. The van der Waals surface area contributed by atoms with Gasteiger partial charge in [-0.15, -0.1) is 6.58 Å². The smallest absolute Gasteiger partial charge is 0.165 e. The zero-order valence-corrected chi connectivity index (χ0v) is 20.7. The minimum atomic E-state index is 0.299. The molecule has 0 aliphatic heterocycles. The highest BCUT2D eigenvalue weighted by atomic mass is 35.5. The first-order valence-corrected chi connectivity index (χ1v) is 11.8. The first kappa shape index (κ1) is 24.4. The summed E-state index contributed by atoms with van der Waals surface area (Å²) in [6.45, 7) is 4.18. The van der Waals surface area contributed by atoms with E-state index in [4.69, 9.17) is 32.7 Å². The number of fused-ring (bicyclic) bond motifs is 1. The Morgan fingerprint density at radius 3 is 2.49 bits per heavy atom. The molecule has 5 heteroatoms. The number of allylic oxidation sites excluding steroid dienone is 2. The summed E-state index contributed by atoms with van der Waals surface area (Å²) < 4.78 is 11.8. The molecule has 0 saturated heterocycles. The maximum absolute atomic E-state index is 9.91. The Kier molecular flexibility index (Phi) is 7.77. The fourth-order valence-electron chi connectivity index (χ4n) is 3.88. The van der Waals surface area contributed by atoms with Crippen molar-refractivity contribution in [1.29, 1.82) is 5.26 Å². The van der Waals surface area contributed by atoms with Gasteiger partial charge in [-0.3, -0.25) is 0 Å². The maximum Gasteiger partial charge on any atom is 0.165 e. The van der Waals surface area contributed by atoms with Crippen molar-refractivity contribution in [1.82, 2.24) is 0 Å². The summed E-state index contributed by atoms with van der Waals surface area (Å²) in [5, 5.41) is 13.1. The molecule has 0 fully saturated rings. The fraction of sp³-hybridized carbons (Fsp3) is 0.100.